The maximum absolute atomic E-state index is 13.9. The van der Waals surface area contributed by atoms with Gasteiger partial charge in [0, 0.05) is 55.0 Å². The maximum Gasteiger partial charge on any atom is 0.419 e. The summed E-state index contributed by atoms with van der Waals surface area (Å²) in [6, 6.07) is 39.6. The Morgan fingerprint density at radius 1 is 0.783 bits per heavy atom. The second-order valence-electron chi connectivity index (χ2n) is 16.0. The highest BCUT2D eigenvalue weighted by Gasteiger charge is 2.31. The molecule has 6 aromatic rings. The van der Waals surface area contributed by atoms with Crippen molar-refractivity contribution in [3.8, 4) is 11.1 Å². The van der Waals surface area contributed by atoms with Crippen molar-refractivity contribution in [2.45, 2.75) is 64.1 Å². The zero-order valence-corrected chi connectivity index (χ0v) is 34.8. The average Bonchev–Trinajstić information content (AvgIpc) is 3.77. The molecule has 0 fully saturated rings. The second kappa shape index (κ2) is 18.7. The molecule has 0 aliphatic heterocycles. The molecule has 2 N–H and O–H groups in total. The highest BCUT2D eigenvalue weighted by Crippen LogP contribution is 2.44. The van der Waals surface area contributed by atoms with Crippen molar-refractivity contribution in [2.24, 2.45) is 0 Å². The number of halogens is 1. The molecule has 0 radical (unpaired) electrons. The Labute approximate surface area is 355 Å². The number of nitrogens with zero attached hydrogens (tertiary/aromatic N) is 2. The highest BCUT2D eigenvalue weighted by molar-refractivity contribution is 6.30. The molecule has 0 spiro atoms. The van der Waals surface area contributed by atoms with Gasteiger partial charge in [0.05, 0.1) is 5.52 Å². The molecule has 1 aliphatic rings. The minimum Gasteiger partial charge on any atom is -0.448 e. The van der Waals surface area contributed by atoms with Crippen molar-refractivity contribution in [3.63, 3.8) is 0 Å². The molecule has 0 saturated heterocycles. The molecule has 0 unspecified atom stereocenters. The van der Waals surface area contributed by atoms with Crippen molar-refractivity contribution in [3.05, 3.63) is 166 Å². The van der Waals surface area contributed by atoms with Crippen LogP contribution in [0, 0.1) is 0 Å². The van der Waals surface area contributed by atoms with Crippen molar-refractivity contribution < 1.29 is 28.7 Å². The number of fused-ring (bicyclic) bond motifs is 4. The molecule has 1 heterocycles. The van der Waals surface area contributed by atoms with E-state index in [0.717, 1.165) is 38.8 Å². The number of carbonyl (C=O) groups is 4. The van der Waals surface area contributed by atoms with E-state index in [9.17, 15) is 19.2 Å². The fraction of sp³-hybridized carbons (Fsp3) is 0.265. The largest absolute Gasteiger partial charge is 0.448 e. The maximum atomic E-state index is 13.9. The van der Waals surface area contributed by atoms with Crippen LogP contribution < -0.4 is 10.6 Å². The lowest BCUT2D eigenvalue weighted by atomic mass is 9.98. The van der Waals surface area contributed by atoms with E-state index in [1.54, 1.807) is 39.1 Å². The van der Waals surface area contributed by atoms with Crippen LogP contribution in [0.5, 0.6) is 0 Å². The van der Waals surface area contributed by atoms with Crippen LogP contribution in [0.3, 0.4) is 0 Å². The lowest BCUT2D eigenvalue weighted by Gasteiger charge is -2.24. The third kappa shape index (κ3) is 10.2. The molecule has 7 rings (SSSR count). The summed E-state index contributed by atoms with van der Waals surface area (Å²) < 4.78 is 13.1. The van der Waals surface area contributed by atoms with Crippen molar-refractivity contribution >= 4 is 46.5 Å². The molecular formula is C49H49ClN4O6. The average molecular weight is 825 g/mol. The first-order valence-electron chi connectivity index (χ1n) is 20.2. The molecule has 3 amide bonds. The summed E-state index contributed by atoms with van der Waals surface area (Å²) in [7, 11) is 0. The summed E-state index contributed by atoms with van der Waals surface area (Å²) in [5, 5.41) is 7.26. The number of hydrogen-bond acceptors (Lipinski definition) is 6. The number of carbonyl (C=O) groups excluding carboxylic acids is 4. The van der Waals surface area contributed by atoms with Gasteiger partial charge in [-0.05, 0) is 84.3 Å². The quantitative estimate of drug-likeness (QED) is 0.113. The van der Waals surface area contributed by atoms with Gasteiger partial charge in [-0.2, -0.15) is 0 Å². The molecule has 1 aromatic heterocycles. The SMILES string of the molecule is CC(C)(C)OC(=O)n1cc(C[C@@H](NC(=O)CCN(Cc2ccc(Cl)cc2)C(=O)OCC2c3ccccc3-c3ccccc32)C(=O)NCCc2ccccc2)c2ccccc21. The number of amides is 3. The van der Waals surface area contributed by atoms with Gasteiger partial charge in [-0.15, -0.1) is 0 Å². The van der Waals surface area contributed by atoms with Crippen LogP contribution in [0.15, 0.2) is 134 Å². The van der Waals surface area contributed by atoms with E-state index in [-0.39, 0.29) is 44.4 Å². The third-order valence-electron chi connectivity index (χ3n) is 10.5. The van der Waals surface area contributed by atoms with Crippen molar-refractivity contribution in [1.82, 2.24) is 20.1 Å². The number of nitrogens with one attached hydrogen (secondary N) is 2. The van der Waals surface area contributed by atoms with Gasteiger partial charge in [0.15, 0.2) is 0 Å². The van der Waals surface area contributed by atoms with E-state index in [1.165, 1.54) is 9.47 Å². The molecule has 308 valence electrons. The van der Waals surface area contributed by atoms with Gasteiger partial charge in [0.1, 0.15) is 18.2 Å². The lowest BCUT2D eigenvalue weighted by Crippen LogP contribution is -2.49. The minimum absolute atomic E-state index is 0.0193. The molecule has 10 nitrogen and oxygen atoms in total. The van der Waals surface area contributed by atoms with Crippen molar-refractivity contribution in [1.29, 1.82) is 0 Å². The number of aromatic nitrogens is 1. The van der Waals surface area contributed by atoms with Crippen LogP contribution in [-0.4, -0.2) is 64.8 Å². The first kappa shape index (κ1) is 41.8. The Morgan fingerprint density at radius 3 is 2.10 bits per heavy atom. The van der Waals surface area contributed by atoms with Gasteiger partial charge in [-0.25, -0.2) is 9.59 Å². The van der Waals surface area contributed by atoms with Crippen LogP contribution in [0.4, 0.5) is 9.59 Å². The molecule has 0 saturated carbocycles. The lowest BCUT2D eigenvalue weighted by molar-refractivity contribution is -0.129. The third-order valence-corrected chi connectivity index (χ3v) is 10.8. The van der Waals surface area contributed by atoms with Gasteiger partial charge in [0.2, 0.25) is 11.8 Å². The summed E-state index contributed by atoms with van der Waals surface area (Å²) in [6.45, 7) is 6.07. The number of ether oxygens (including phenoxy) is 2. The van der Waals surface area contributed by atoms with E-state index >= 15 is 0 Å². The Morgan fingerprint density at radius 2 is 1.42 bits per heavy atom. The second-order valence-corrected chi connectivity index (χ2v) is 16.4. The van der Waals surface area contributed by atoms with Crippen LogP contribution >= 0.6 is 11.6 Å². The summed E-state index contributed by atoms with van der Waals surface area (Å²) in [5.74, 6) is -0.936. The standard InChI is InChI=1S/C49H49ClN4O6/c1-49(2,3)60-48(58)54-31-35(37-15-11-12-20-44(37)54)29-43(46(56)51-27-25-33-13-5-4-6-14-33)52-45(55)26-28-53(30-34-21-23-36(50)24-22-34)47(57)59-32-42-40-18-9-7-16-38(40)39-17-8-10-19-41(39)42/h4-24,31,42-43H,25-30,32H2,1-3H3,(H,51,56)(H,52,55)/t43-/m1/s1. The molecule has 60 heavy (non-hydrogen) atoms. The predicted octanol–water partition coefficient (Wildman–Crippen LogP) is 9.31. The Hall–Kier alpha value is -6.39. The first-order chi connectivity index (χ1) is 28.9. The van der Waals surface area contributed by atoms with Crippen LogP contribution in [0.25, 0.3) is 22.0 Å². The van der Waals surface area contributed by atoms with E-state index in [4.69, 9.17) is 21.1 Å². The molecule has 5 aromatic carbocycles. The van der Waals surface area contributed by atoms with Crippen molar-refractivity contribution in [2.75, 3.05) is 19.7 Å². The van der Waals surface area contributed by atoms with Gasteiger partial charge in [-0.1, -0.05) is 121 Å². The molecule has 1 atom stereocenters. The number of rotatable bonds is 14. The van der Waals surface area contributed by atoms with E-state index in [1.807, 2.05) is 91.0 Å². The van der Waals surface area contributed by atoms with Gasteiger partial charge in [0.25, 0.3) is 0 Å². The van der Waals surface area contributed by atoms with Crippen LogP contribution in [0.1, 0.15) is 60.9 Å². The minimum atomic E-state index is -0.995. The molecular weight excluding hydrogens is 776 g/mol. The zero-order valence-electron chi connectivity index (χ0n) is 34.0. The van der Waals surface area contributed by atoms with Gasteiger partial charge >= 0.3 is 12.2 Å². The van der Waals surface area contributed by atoms with E-state index < -0.39 is 29.7 Å². The van der Waals surface area contributed by atoms with E-state index in [0.29, 0.717) is 29.1 Å². The normalized spacial score (nSPS) is 12.6. The fourth-order valence-electron chi connectivity index (χ4n) is 7.64. The molecule has 0 bridgehead atoms. The van der Waals surface area contributed by atoms with Crippen LogP contribution in [0.2, 0.25) is 5.02 Å². The van der Waals surface area contributed by atoms with Gasteiger partial charge < -0.3 is 25.0 Å². The molecule has 11 heteroatoms. The predicted molar refractivity (Wildman–Crippen MR) is 234 cm³/mol. The Bertz CT molecular complexity index is 2430. The van der Waals surface area contributed by atoms with E-state index in [2.05, 4.69) is 34.9 Å². The molecule has 1 aliphatic carbocycles. The number of hydrogen-bond donors (Lipinski definition) is 2. The van der Waals surface area contributed by atoms with Crippen LogP contribution in [-0.2, 0) is 38.4 Å². The number of benzene rings is 5. The van der Waals surface area contributed by atoms with Gasteiger partial charge in [-0.3, -0.25) is 14.2 Å². The first-order valence-corrected chi connectivity index (χ1v) is 20.6. The topological polar surface area (TPSA) is 119 Å². The summed E-state index contributed by atoms with van der Waals surface area (Å²) >= 11 is 6.17. The zero-order chi connectivity index (χ0) is 42.2. The highest BCUT2D eigenvalue weighted by atomic mass is 35.5. The Balaban J connectivity index is 1.08. The monoisotopic (exact) mass is 824 g/mol. The summed E-state index contributed by atoms with van der Waals surface area (Å²) in [6.07, 6.45) is 1.15. The summed E-state index contributed by atoms with van der Waals surface area (Å²) in [5.41, 5.74) is 6.89. The Kier molecular flexibility index (Phi) is 13.0. The fourth-order valence-corrected chi connectivity index (χ4v) is 7.76. The number of para-hydroxylation sites is 1. The summed E-state index contributed by atoms with van der Waals surface area (Å²) in [4.78, 5) is 56.5. The smallest absolute Gasteiger partial charge is 0.419 e.